The first kappa shape index (κ1) is 24.8. The summed E-state index contributed by atoms with van der Waals surface area (Å²) >= 11 is 6.54. The normalized spacial score (nSPS) is 17.4. The van der Waals surface area contributed by atoms with Crippen LogP contribution in [-0.4, -0.2) is 35.4 Å². The standard InChI is InChI=1S/C28H30ClN3O3/c29-26-16-13-23(31-27(33)19-35-25-9-5-2-6-10-25)17-21(26)18-32(24-14-11-22(30)12-15-24)28(34)20-7-3-1-4-8-20/h1-10,13,16-17,22,24H,11-12,14-15,18-19,30H2,(H,31,33). The summed E-state index contributed by atoms with van der Waals surface area (Å²) in [5.41, 5.74) is 8.13. The van der Waals surface area contributed by atoms with Crippen molar-refractivity contribution in [2.24, 2.45) is 5.73 Å². The van der Waals surface area contributed by atoms with E-state index in [-0.39, 0.29) is 30.5 Å². The third-order valence-corrected chi connectivity index (χ3v) is 6.62. The molecule has 0 aromatic heterocycles. The second-order valence-electron chi connectivity index (χ2n) is 8.82. The van der Waals surface area contributed by atoms with Gasteiger partial charge in [0.2, 0.25) is 0 Å². The molecule has 3 N–H and O–H groups in total. The molecule has 4 rings (SSSR count). The largest absolute Gasteiger partial charge is 0.484 e. The molecule has 1 saturated carbocycles. The lowest BCUT2D eigenvalue weighted by molar-refractivity contribution is -0.118. The van der Waals surface area contributed by atoms with Gasteiger partial charge in [-0.15, -0.1) is 0 Å². The zero-order chi connectivity index (χ0) is 24.6. The fourth-order valence-electron chi connectivity index (χ4n) is 4.35. The first-order valence-corrected chi connectivity index (χ1v) is 12.2. The minimum absolute atomic E-state index is 0.0344. The number of amides is 2. The van der Waals surface area contributed by atoms with Gasteiger partial charge in [0.1, 0.15) is 5.75 Å². The van der Waals surface area contributed by atoms with Crippen molar-refractivity contribution in [2.45, 2.75) is 44.3 Å². The molecular formula is C28H30ClN3O3. The molecule has 3 aromatic carbocycles. The highest BCUT2D eigenvalue weighted by Gasteiger charge is 2.29. The molecule has 3 aromatic rings. The van der Waals surface area contributed by atoms with E-state index in [4.69, 9.17) is 22.1 Å². The average Bonchev–Trinajstić information content (AvgIpc) is 2.89. The molecule has 1 fully saturated rings. The Morgan fingerprint density at radius 3 is 2.29 bits per heavy atom. The molecule has 0 atom stereocenters. The third kappa shape index (κ3) is 6.84. The number of ether oxygens (including phenoxy) is 1. The molecule has 7 heteroatoms. The topological polar surface area (TPSA) is 84.7 Å². The zero-order valence-electron chi connectivity index (χ0n) is 19.5. The predicted molar refractivity (Wildman–Crippen MR) is 139 cm³/mol. The van der Waals surface area contributed by atoms with Gasteiger partial charge in [0, 0.05) is 34.9 Å². The first-order valence-electron chi connectivity index (χ1n) is 11.9. The summed E-state index contributed by atoms with van der Waals surface area (Å²) < 4.78 is 5.53. The van der Waals surface area contributed by atoms with Crippen molar-refractivity contribution in [3.8, 4) is 5.75 Å². The fraction of sp³-hybridized carbons (Fsp3) is 0.286. The average molecular weight is 492 g/mol. The SMILES string of the molecule is NC1CCC(N(Cc2cc(NC(=O)COc3ccccc3)ccc2Cl)C(=O)c2ccccc2)CC1. The molecule has 182 valence electrons. The van der Waals surface area contributed by atoms with Crippen molar-refractivity contribution in [2.75, 3.05) is 11.9 Å². The van der Waals surface area contributed by atoms with Crippen LogP contribution in [0.1, 0.15) is 41.6 Å². The van der Waals surface area contributed by atoms with Gasteiger partial charge >= 0.3 is 0 Å². The molecule has 6 nitrogen and oxygen atoms in total. The molecule has 0 heterocycles. The van der Waals surface area contributed by atoms with E-state index in [9.17, 15) is 9.59 Å². The number of anilines is 1. The van der Waals surface area contributed by atoms with Gasteiger partial charge in [0.15, 0.2) is 6.61 Å². The second-order valence-corrected chi connectivity index (χ2v) is 9.23. The first-order chi connectivity index (χ1) is 17.0. The predicted octanol–water partition coefficient (Wildman–Crippen LogP) is 5.27. The van der Waals surface area contributed by atoms with E-state index in [2.05, 4.69) is 5.32 Å². The van der Waals surface area contributed by atoms with Crippen LogP contribution in [-0.2, 0) is 11.3 Å². The highest BCUT2D eigenvalue weighted by molar-refractivity contribution is 6.31. The molecule has 0 bridgehead atoms. The summed E-state index contributed by atoms with van der Waals surface area (Å²) in [6.07, 6.45) is 3.47. The molecule has 0 aliphatic heterocycles. The van der Waals surface area contributed by atoms with Gasteiger partial charge in [-0.3, -0.25) is 9.59 Å². The molecule has 0 radical (unpaired) electrons. The Bertz CT molecular complexity index is 1130. The molecule has 1 aliphatic rings. The summed E-state index contributed by atoms with van der Waals surface area (Å²) in [4.78, 5) is 27.8. The Morgan fingerprint density at radius 1 is 0.943 bits per heavy atom. The molecule has 0 saturated heterocycles. The van der Waals surface area contributed by atoms with Gasteiger partial charge in [0.05, 0.1) is 0 Å². The van der Waals surface area contributed by atoms with Crippen molar-refractivity contribution in [1.82, 2.24) is 4.90 Å². The second kappa shape index (κ2) is 11.9. The van der Waals surface area contributed by atoms with Crippen LogP contribution in [0.3, 0.4) is 0 Å². The highest BCUT2D eigenvalue weighted by atomic mass is 35.5. The number of nitrogens with one attached hydrogen (secondary N) is 1. The van der Waals surface area contributed by atoms with Gasteiger partial charge in [-0.05, 0) is 73.7 Å². The highest BCUT2D eigenvalue weighted by Crippen LogP contribution is 2.29. The Hall–Kier alpha value is -3.35. The van der Waals surface area contributed by atoms with Gasteiger partial charge < -0.3 is 20.7 Å². The number of nitrogens with zero attached hydrogens (tertiary/aromatic N) is 1. The summed E-state index contributed by atoms with van der Waals surface area (Å²) in [6.45, 7) is 0.236. The van der Waals surface area contributed by atoms with Crippen LogP contribution in [0, 0.1) is 0 Å². The summed E-state index contributed by atoms with van der Waals surface area (Å²) in [5.74, 6) is 0.315. The van der Waals surface area contributed by atoms with Crippen LogP contribution >= 0.6 is 11.6 Å². The van der Waals surface area contributed by atoms with Gasteiger partial charge in [0.25, 0.3) is 11.8 Å². The molecule has 0 spiro atoms. The van der Waals surface area contributed by atoms with Crippen LogP contribution in [0.5, 0.6) is 5.75 Å². The number of rotatable bonds is 8. The smallest absolute Gasteiger partial charge is 0.262 e. The molecular weight excluding hydrogens is 462 g/mol. The maximum atomic E-state index is 13.5. The number of carbonyl (C=O) groups excluding carboxylic acids is 2. The Morgan fingerprint density at radius 2 is 1.60 bits per heavy atom. The van der Waals surface area contributed by atoms with Gasteiger partial charge in [-0.2, -0.15) is 0 Å². The minimum atomic E-state index is -0.277. The van der Waals surface area contributed by atoms with E-state index in [1.54, 1.807) is 24.3 Å². The number of hydrogen-bond acceptors (Lipinski definition) is 4. The number of para-hydroxylation sites is 1. The van der Waals surface area contributed by atoms with Crippen LogP contribution in [0.4, 0.5) is 5.69 Å². The maximum Gasteiger partial charge on any atom is 0.262 e. The van der Waals surface area contributed by atoms with E-state index < -0.39 is 0 Å². The van der Waals surface area contributed by atoms with E-state index in [0.29, 0.717) is 28.6 Å². The number of hydrogen-bond donors (Lipinski definition) is 2. The Kier molecular flexibility index (Phi) is 8.40. The quantitative estimate of drug-likeness (QED) is 0.449. The van der Waals surface area contributed by atoms with Gasteiger partial charge in [-0.1, -0.05) is 48.0 Å². The van der Waals surface area contributed by atoms with Gasteiger partial charge in [-0.25, -0.2) is 0 Å². The van der Waals surface area contributed by atoms with E-state index >= 15 is 0 Å². The summed E-state index contributed by atoms with van der Waals surface area (Å²) in [7, 11) is 0. The van der Waals surface area contributed by atoms with Crippen LogP contribution in [0.15, 0.2) is 78.9 Å². The molecule has 1 aliphatic carbocycles. The van der Waals surface area contributed by atoms with E-state index in [1.165, 1.54) is 0 Å². The van der Waals surface area contributed by atoms with Crippen molar-refractivity contribution >= 4 is 29.1 Å². The third-order valence-electron chi connectivity index (χ3n) is 6.25. The number of benzene rings is 3. The Labute approximate surface area is 211 Å². The van der Waals surface area contributed by atoms with Crippen LogP contribution in [0.25, 0.3) is 0 Å². The van der Waals surface area contributed by atoms with Crippen molar-refractivity contribution in [1.29, 1.82) is 0 Å². The van der Waals surface area contributed by atoms with E-state index in [1.807, 2.05) is 59.5 Å². The zero-order valence-corrected chi connectivity index (χ0v) is 20.3. The number of nitrogens with two attached hydrogens (primary N) is 1. The fourth-order valence-corrected chi connectivity index (χ4v) is 4.52. The minimum Gasteiger partial charge on any atom is -0.484 e. The lowest BCUT2D eigenvalue weighted by Crippen LogP contribution is -2.43. The lowest BCUT2D eigenvalue weighted by atomic mass is 9.90. The molecule has 0 unspecified atom stereocenters. The van der Waals surface area contributed by atoms with Crippen molar-refractivity contribution < 1.29 is 14.3 Å². The Balaban J connectivity index is 1.48. The van der Waals surface area contributed by atoms with Crippen LogP contribution in [0.2, 0.25) is 5.02 Å². The number of carbonyl (C=O) groups is 2. The molecule has 35 heavy (non-hydrogen) atoms. The lowest BCUT2D eigenvalue weighted by Gasteiger charge is -2.36. The summed E-state index contributed by atoms with van der Waals surface area (Å²) in [5, 5.41) is 3.40. The maximum absolute atomic E-state index is 13.5. The van der Waals surface area contributed by atoms with Crippen molar-refractivity contribution in [3.63, 3.8) is 0 Å². The number of halogens is 1. The monoisotopic (exact) mass is 491 g/mol. The summed E-state index contributed by atoms with van der Waals surface area (Å²) in [6, 6.07) is 24.0. The van der Waals surface area contributed by atoms with E-state index in [0.717, 1.165) is 31.2 Å². The molecule has 2 amide bonds. The van der Waals surface area contributed by atoms with Crippen LogP contribution < -0.4 is 15.8 Å². The van der Waals surface area contributed by atoms with Crippen molar-refractivity contribution in [3.05, 3.63) is 95.0 Å².